The van der Waals surface area contributed by atoms with E-state index in [1.165, 1.54) is 0 Å². The molecule has 0 aliphatic heterocycles. The van der Waals surface area contributed by atoms with E-state index in [4.69, 9.17) is 15.0 Å². The summed E-state index contributed by atoms with van der Waals surface area (Å²) in [7, 11) is 0. The summed E-state index contributed by atoms with van der Waals surface area (Å²) >= 11 is 0. The first-order valence-corrected chi connectivity index (χ1v) is 16.4. The van der Waals surface area contributed by atoms with E-state index < -0.39 is 0 Å². The summed E-state index contributed by atoms with van der Waals surface area (Å²) in [5.74, 6) is 1.12. The van der Waals surface area contributed by atoms with Crippen molar-refractivity contribution in [1.82, 2.24) is 9.38 Å². The second-order valence-corrected chi connectivity index (χ2v) is 11.9. The number of allylic oxidation sites excluding steroid dienone is 1. The number of amidine groups is 2. The first-order chi connectivity index (χ1) is 24.2. The molecule has 49 heavy (non-hydrogen) atoms. The standard InChI is InChI=1S/C44H33N5/c1-4-16-33-32(5-2)40-41(36-23-14-12-21-34(33)36)49-39-26-25-31(27-38(39)35-22-13-15-24-37(35)44(49)47-40)43(46-28-29-17-8-6-9-18-29)48-42(45-3)30-19-10-7-11-20-30/h4-27H,1,3,28H2,2H3/b32-5+,33-16+,46-43?,48-42?. The van der Waals surface area contributed by atoms with E-state index in [0.29, 0.717) is 18.2 Å². The maximum absolute atomic E-state index is 5.37. The second-order valence-electron chi connectivity index (χ2n) is 11.9. The topological polar surface area (TPSA) is 54.4 Å². The van der Waals surface area contributed by atoms with Crippen LogP contribution in [0.1, 0.15) is 23.6 Å². The number of aromatic nitrogens is 2. The van der Waals surface area contributed by atoms with Gasteiger partial charge in [0, 0.05) is 32.5 Å². The largest absolute Gasteiger partial charge is 0.291 e. The molecular formula is C44H33N5. The zero-order chi connectivity index (χ0) is 33.3. The van der Waals surface area contributed by atoms with E-state index in [1.54, 1.807) is 0 Å². The van der Waals surface area contributed by atoms with Gasteiger partial charge in [0.2, 0.25) is 0 Å². The smallest absolute Gasteiger partial charge is 0.161 e. The Labute approximate surface area is 284 Å². The van der Waals surface area contributed by atoms with Crippen LogP contribution in [0.4, 0.5) is 0 Å². The molecule has 0 radical (unpaired) electrons. The van der Waals surface area contributed by atoms with E-state index in [0.717, 1.165) is 76.3 Å². The number of hydrogen-bond donors (Lipinski definition) is 0. The zero-order valence-electron chi connectivity index (χ0n) is 27.2. The van der Waals surface area contributed by atoms with E-state index >= 15 is 0 Å². The molecule has 0 saturated carbocycles. The number of hydrogen-bond acceptors (Lipinski definition) is 2. The van der Waals surface area contributed by atoms with Crippen molar-refractivity contribution < 1.29 is 0 Å². The van der Waals surface area contributed by atoms with Crippen molar-refractivity contribution in [3.05, 3.63) is 167 Å². The van der Waals surface area contributed by atoms with Crippen molar-refractivity contribution in [3.63, 3.8) is 0 Å². The first kappa shape index (κ1) is 29.9. The number of rotatable bonds is 5. The number of benzene rings is 6. The Kier molecular flexibility index (Phi) is 7.71. The minimum Gasteiger partial charge on any atom is -0.291 e. The number of nitrogens with zero attached hydrogens (tertiary/aromatic N) is 5. The zero-order valence-corrected chi connectivity index (χ0v) is 27.2. The van der Waals surface area contributed by atoms with Crippen molar-refractivity contribution in [2.75, 3.05) is 0 Å². The SMILES string of the molecule is C=C/C=c1\c(=C/C)c2nc3c4ccccc4c4cc(C(=NCc5ccccc5)N=C(N=C)c5ccccc5)ccc4n3c2c2ccccc12. The van der Waals surface area contributed by atoms with Gasteiger partial charge in [0.1, 0.15) is 5.65 Å². The van der Waals surface area contributed by atoms with Gasteiger partial charge < -0.3 is 0 Å². The van der Waals surface area contributed by atoms with Crippen molar-refractivity contribution >= 4 is 79.7 Å². The molecule has 0 N–H and O–H groups in total. The molecule has 5 heteroatoms. The summed E-state index contributed by atoms with van der Waals surface area (Å²) in [6.07, 6.45) is 6.10. The molecule has 0 aliphatic rings. The third-order valence-electron chi connectivity index (χ3n) is 9.07. The van der Waals surface area contributed by atoms with Crippen LogP contribution < -0.4 is 10.4 Å². The Morgan fingerprint density at radius 2 is 1.37 bits per heavy atom. The predicted molar refractivity (Wildman–Crippen MR) is 208 cm³/mol. The fourth-order valence-corrected chi connectivity index (χ4v) is 6.88. The van der Waals surface area contributed by atoms with Crippen LogP contribution in [0, 0.1) is 0 Å². The second kappa shape index (κ2) is 12.6. The van der Waals surface area contributed by atoms with E-state index in [2.05, 4.69) is 121 Å². The van der Waals surface area contributed by atoms with Crippen LogP contribution in [0.15, 0.2) is 155 Å². The van der Waals surface area contributed by atoms with Gasteiger partial charge in [-0.1, -0.05) is 134 Å². The highest BCUT2D eigenvalue weighted by Gasteiger charge is 2.18. The van der Waals surface area contributed by atoms with Crippen LogP contribution in [-0.4, -0.2) is 27.8 Å². The number of imidazole rings is 1. The van der Waals surface area contributed by atoms with Crippen LogP contribution >= 0.6 is 0 Å². The van der Waals surface area contributed by atoms with E-state index in [-0.39, 0.29) is 0 Å². The molecule has 0 unspecified atom stereocenters. The lowest BCUT2D eigenvalue weighted by Crippen LogP contribution is -2.26. The lowest BCUT2D eigenvalue weighted by atomic mass is 10.0. The van der Waals surface area contributed by atoms with Gasteiger partial charge in [0.25, 0.3) is 0 Å². The van der Waals surface area contributed by atoms with E-state index in [1.807, 2.05) is 54.6 Å². The summed E-state index contributed by atoms with van der Waals surface area (Å²) in [6, 6.07) is 43.7. The van der Waals surface area contributed by atoms with Gasteiger partial charge in [0.05, 0.1) is 23.1 Å². The third kappa shape index (κ3) is 5.13. The number of fused-ring (bicyclic) bond motifs is 10. The van der Waals surface area contributed by atoms with Crippen LogP contribution in [-0.2, 0) is 6.54 Å². The maximum Gasteiger partial charge on any atom is 0.161 e. The Balaban J connectivity index is 1.46. The Bertz CT molecular complexity index is 2770. The maximum atomic E-state index is 5.37. The highest BCUT2D eigenvalue weighted by Crippen LogP contribution is 2.34. The summed E-state index contributed by atoms with van der Waals surface area (Å²) < 4.78 is 2.33. The average Bonchev–Trinajstić information content (AvgIpc) is 3.57. The molecule has 0 saturated heterocycles. The third-order valence-corrected chi connectivity index (χ3v) is 9.07. The van der Waals surface area contributed by atoms with Crippen molar-refractivity contribution in [2.24, 2.45) is 15.0 Å². The van der Waals surface area contributed by atoms with Gasteiger partial charge in [0.15, 0.2) is 11.7 Å². The monoisotopic (exact) mass is 631 g/mol. The molecular weight excluding hydrogens is 599 g/mol. The van der Waals surface area contributed by atoms with Gasteiger partial charge in [-0.3, -0.25) is 9.39 Å². The molecule has 5 nitrogen and oxygen atoms in total. The fourth-order valence-electron chi connectivity index (χ4n) is 6.88. The quantitative estimate of drug-likeness (QED) is 0.106. The number of aliphatic imine (C=N–C) groups is 3. The van der Waals surface area contributed by atoms with Crippen molar-refractivity contribution in [3.8, 4) is 0 Å². The highest BCUT2D eigenvalue weighted by molar-refractivity contribution is 6.19. The minimum absolute atomic E-state index is 0.481. The Morgan fingerprint density at radius 3 is 2.08 bits per heavy atom. The molecule has 0 aliphatic carbocycles. The van der Waals surface area contributed by atoms with Crippen LogP contribution in [0.2, 0.25) is 0 Å². The molecule has 0 amide bonds. The normalized spacial score (nSPS) is 13.3. The summed E-state index contributed by atoms with van der Waals surface area (Å²) in [4.78, 5) is 19.8. The van der Waals surface area contributed by atoms with Crippen molar-refractivity contribution in [1.29, 1.82) is 0 Å². The van der Waals surface area contributed by atoms with Crippen LogP contribution in [0.3, 0.4) is 0 Å². The highest BCUT2D eigenvalue weighted by atomic mass is 15.0. The summed E-state index contributed by atoms with van der Waals surface area (Å²) in [6.45, 7) is 10.4. The molecule has 8 rings (SSSR count). The first-order valence-electron chi connectivity index (χ1n) is 16.4. The molecule has 0 fully saturated rings. The van der Waals surface area contributed by atoms with Gasteiger partial charge in [-0.25, -0.2) is 15.0 Å². The molecule has 0 spiro atoms. The van der Waals surface area contributed by atoms with Crippen LogP contribution in [0.25, 0.3) is 61.3 Å². The Morgan fingerprint density at radius 1 is 0.694 bits per heavy atom. The fraction of sp³-hybridized carbons (Fsp3) is 0.0455. The van der Waals surface area contributed by atoms with Gasteiger partial charge >= 0.3 is 0 Å². The van der Waals surface area contributed by atoms with Gasteiger partial charge in [-0.05, 0) is 53.4 Å². The Hall–Kier alpha value is -6.46. The van der Waals surface area contributed by atoms with Crippen LogP contribution in [0.5, 0.6) is 0 Å². The predicted octanol–water partition coefficient (Wildman–Crippen LogP) is 8.81. The number of pyridine rings is 1. The lowest BCUT2D eigenvalue weighted by molar-refractivity contribution is 1.06. The lowest BCUT2D eigenvalue weighted by Gasteiger charge is -2.12. The molecule has 234 valence electrons. The van der Waals surface area contributed by atoms with E-state index in [9.17, 15) is 0 Å². The average molecular weight is 632 g/mol. The molecule has 2 heterocycles. The summed E-state index contributed by atoms with van der Waals surface area (Å²) in [5, 5.41) is 7.81. The molecule has 2 aromatic heterocycles. The van der Waals surface area contributed by atoms with Gasteiger partial charge in [-0.2, -0.15) is 0 Å². The molecule has 0 atom stereocenters. The molecule has 8 aromatic rings. The minimum atomic E-state index is 0.481. The van der Waals surface area contributed by atoms with Crippen molar-refractivity contribution in [2.45, 2.75) is 13.5 Å². The molecule has 0 bridgehead atoms. The summed E-state index contributed by atoms with van der Waals surface area (Å²) in [5.41, 5.74) is 6.91. The molecule has 6 aromatic carbocycles. The van der Waals surface area contributed by atoms with Gasteiger partial charge in [-0.15, -0.1) is 0 Å².